The molecule has 10 nitrogen and oxygen atoms in total. The number of likely N-dealkylation sites (tertiary alicyclic amines) is 1. The van der Waals surface area contributed by atoms with Crippen molar-refractivity contribution >= 4 is 29.6 Å². The number of carbonyl (C=O) groups excluding carboxylic acids is 5. The highest BCUT2D eigenvalue weighted by Gasteiger charge is 2.69. The van der Waals surface area contributed by atoms with Gasteiger partial charge >= 0.3 is 6.09 Å². The monoisotopic (exact) mass is 592 g/mol. The van der Waals surface area contributed by atoms with Crippen LogP contribution in [0, 0.1) is 29.1 Å². The minimum absolute atomic E-state index is 0.0911. The molecular weight excluding hydrogens is 548 g/mol. The summed E-state index contributed by atoms with van der Waals surface area (Å²) in [6.45, 7) is 10.4. The zero-order valence-electron chi connectivity index (χ0n) is 25.4. The summed E-state index contributed by atoms with van der Waals surface area (Å²) in [6.07, 6.45) is 5.06. The van der Waals surface area contributed by atoms with E-state index in [9.17, 15) is 24.0 Å². The SMILES string of the molecule is C=CCNC(=O)C(=O)C(CCC)NC(=O)[C@@H]1[C@@H]2[C@H](CN1C(=O)[C@@H](NC(=O)OCC1CC1)C1Cc3ccccc3C1)C2(C)C. The first kappa shape index (κ1) is 30.8. The number of alkyl carbamates (subject to hydrolysis) is 1. The van der Waals surface area contributed by atoms with Gasteiger partial charge in [-0.2, -0.15) is 0 Å². The van der Waals surface area contributed by atoms with E-state index in [2.05, 4.69) is 36.4 Å². The van der Waals surface area contributed by atoms with Gasteiger partial charge in [-0.1, -0.05) is 57.5 Å². The topological polar surface area (TPSA) is 134 Å². The highest BCUT2D eigenvalue weighted by molar-refractivity contribution is 6.38. The Hall–Kier alpha value is -3.69. The molecule has 43 heavy (non-hydrogen) atoms. The third-order valence-electron chi connectivity index (χ3n) is 9.84. The standard InChI is InChI=1S/C33H44N4O6/c1-5-9-24(28(38)30(40)34-14-6-2)35-29(39)27-25-23(33(25,3)4)17-37(27)31(41)26(36-32(42)43-18-19-12-13-19)22-15-20-10-7-8-11-21(20)16-22/h6-8,10-11,19,22-27H,2,5,9,12-18H2,1,3-4H3,(H,34,40)(H,35,39)(H,36,42)/t23-,24?,25-,26-,27-/m0/s1. The van der Waals surface area contributed by atoms with Crippen molar-refractivity contribution in [2.24, 2.45) is 29.1 Å². The molecular formula is C33H44N4O6. The largest absolute Gasteiger partial charge is 0.449 e. The van der Waals surface area contributed by atoms with Crippen molar-refractivity contribution in [1.82, 2.24) is 20.9 Å². The van der Waals surface area contributed by atoms with E-state index in [1.807, 2.05) is 31.2 Å². The van der Waals surface area contributed by atoms with E-state index in [0.29, 0.717) is 44.8 Å². The van der Waals surface area contributed by atoms with E-state index in [1.165, 1.54) is 6.08 Å². The molecule has 10 heteroatoms. The first-order valence-electron chi connectivity index (χ1n) is 15.6. The zero-order chi connectivity index (χ0) is 30.9. The minimum Gasteiger partial charge on any atom is -0.449 e. The Balaban J connectivity index is 1.35. The molecule has 4 aliphatic rings. The maximum Gasteiger partial charge on any atom is 0.407 e. The number of ketones is 1. The highest BCUT2D eigenvalue weighted by Crippen LogP contribution is 2.65. The molecule has 5 rings (SSSR count). The number of nitrogens with zero attached hydrogens (tertiary/aromatic N) is 1. The quantitative estimate of drug-likeness (QED) is 0.238. The van der Waals surface area contributed by atoms with Crippen molar-refractivity contribution in [3.05, 3.63) is 48.0 Å². The van der Waals surface area contributed by atoms with Crippen LogP contribution in [-0.2, 0) is 36.8 Å². The van der Waals surface area contributed by atoms with Crippen LogP contribution in [0.3, 0.4) is 0 Å². The Morgan fingerprint density at radius 3 is 2.37 bits per heavy atom. The zero-order valence-corrected chi connectivity index (χ0v) is 25.4. The number of hydrogen-bond donors (Lipinski definition) is 3. The number of nitrogens with one attached hydrogen (secondary N) is 3. The summed E-state index contributed by atoms with van der Waals surface area (Å²) < 4.78 is 5.46. The molecule has 1 saturated heterocycles. The first-order valence-corrected chi connectivity index (χ1v) is 15.6. The van der Waals surface area contributed by atoms with Crippen LogP contribution in [0.1, 0.15) is 57.6 Å². The van der Waals surface area contributed by atoms with Crippen LogP contribution in [-0.4, -0.2) is 72.3 Å². The van der Waals surface area contributed by atoms with E-state index >= 15 is 0 Å². The van der Waals surface area contributed by atoms with Crippen molar-refractivity contribution in [2.75, 3.05) is 19.7 Å². The third-order valence-corrected chi connectivity index (χ3v) is 9.84. The van der Waals surface area contributed by atoms with Crippen LogP contribution in [0.2, 0.25) is 0 Å². The van der Waals surface area contributed by atoms with Gasteiger partial charge in [0.1, 0.15) is 12.1 Å². The maximum absolute atomic E-state index is 14.4. The molecule has 1 aromatic carbocycles. The van der Waals surface area contributed by atoms with Gasteiger partial charge in [0.2, 0.25) is 17.6 Å². The van der Waals surface area contributed by atoms with E-state index in [1.54, 1.807) is 4.90 Å². The molecule has 0 bridgehead atoms. The van der Waals surface area contributed by atoms with Crippen LogP contribution < -0.4 is 16.0 Å². The molecule has 0 aromatic heterocycles. The van der Waals surface area contributed by atoms with E-state index in [0.717, 1.165) is 24.0 Å². The van der Waals surface area contributed by atoms with Gasteiger partial charge in [0.15, 0.2) is 0 Å². The van der Waals surface area contributed by atoms with Crippen molar-refractivity contribution in [2.45, 2.75) is 77.4 Å². The van der Waals surface area contributed by atoms with Gasteiger partial charge in [-0.15, -0.1) is 6.58 Å². The van der Waals surface area contributed by atoms with Gasteiger partial charge in [-0.25, -0.2) is 4.79 Å². The lowest BCUT2D eigenvalue weighted by molar-refractivity contribution is -0.144. The number of piperidine rings is 1. The fraction of sp³-hybridized carbons (Fsp3) is 0.606. The minimum atomic E-state index is -1.00. The van der Waals surface area contributed by atoms with Gasteiger partial charge in [0.25, 0.3) is 5.91 Å². The van der Waals surface area contributed by atoms with E-state index < -0.39 is 41.8 Å². The molecule has 1 heterocycles. The summed E-state index contributed by atoms with van der Waals surface area (Å²) in [5.74, 6) is -2.04. The average Bonchev–Trinajstić information content (AvgIpc) is 3.76. The first-order chi connectivity index (χ1) is 20.6. The second kappa shape index (κ2) is 12.5. The van der Waals surface area contributed by atoms with E-state index in [4.69, 9.17) is 4.74 Å². The summed E-state index contributed by atoms with van der Waals surface area (Å²) in [5.41, 5.74) is 2.14. The fourth-order valence-electron chi connectivity index (χ4n) is 7.07. The predicted octanol–water partition coefficient (Wildman–Crippen LogP) is 2.55. The van der Waals surface area contributed by atoms with Crippen LogP contribution in [0.15, 0.2) is 36.9 Å². The van der Waals surface area contributed by atoms with Gasteiger partial charge < -0.3 is 25.6 Å². The van der Waals surface area contributed by atoms with Crippen molar-refractivity contribution in [1.29, 1.82) is 0 Å². The summed E-state index contributed by atoms with van der Waals surface area (Å²) in [7, 11) is 0. The highest BCUT2D eigenvalue weighted by atomic mass is 16.5. The number of amides is 4. The Kier molecular flexibility index (Phi) is 8.94. The number of Topliss-reactive ketones (excluding diaryl/α,β-unsaturated/α-hetero) is 1. The molecule has 0 spiro atoms. The lowest BCUT2D eigenvalue weighted by atomic mass is 9.93. The molecule has 1 aromatic rings. The molecule has 3 N–H and O–H groups in total. The van der Waals surface area contributed by atoms with Gasteiger partial charge in [0, 0.05) is 13.1 Å². The number of ether oxygens (including phenoxy) is 1. The number of rotatable bonds is 13. The van der Waals surface area contributed by atoms with Crippen LogP contribution in [0.5, 0.6) is 0 Å². The van der Waals surface area contributed by atoms with Crippen molar-refractivity contribution in [3.63, 3.8) is 0 Å². The third kappa shape index (κ3) is 6.48. The second-order valence-electron chi connectivity index (χ2n) is 13.2. The van der Waals surface area contributed by atoms with Crippen LogP contribution in [0.25, 0.3) is 0 Å². The van der Waals surface area contributed by atoms with Gasteiger partial charge in [-0.3, -0.25) is 19.2 Å². The molecule has 2 saturated carbocycles. The Bertz CT molecular complexity index is 1260. The second-order valence-corrected chi connectivity index (χ2v) is 13.2. The maximum atomic E-state index is 14.4. The molecule has 5 atom stereocenters. The predicted molar refractivity (Wildman–Crippen MR) is 160 cm³/mol. The Morgan fingerprint density at radius 2 is 1.77 bits per heavy atom. The van der Waals surface area contributed by atoms with Crippen LogP contribution >= 0.6 is 0 Å². The summed E-state index contributed by atoms with van der Waals surface area (Å²) in [5, 5.41) is 8.19. The van der Waals surface area contributed by atoms with Gasteiger partial charge in [0.05, 0.1) is 12.6 Å². The number of benzene rings is 1. The number of fused-ring (bicyclic) bond motifs is 2. The molecule has 4 amide bonds. The lowest BCUT2D eigenvalue weighted by Gasteiger charge is -2.35. The molecule has 1 aliphatic heterocycles. The molecule has 232 valence electrons. The number of hydrogen-bond acceptors (Lipinski definition) is 6. The smallest absolute Gasteiger partial charge is 0.407 e. The summed E-state index contributed by atoms with van der Waals surface area (Å²) >= 11 is 0. The van der Waals surface area contributed by atoms with Crippen molar-refractivity contribution < 1.29 is 28.7 Å². The average molecular weight is 593 g/mol. The van der Waals surface area contributed by atoms with Gasteiger partial charge in [-0.05, 0) is 72.3 Å². The fourth-order valence-corrected chi connectivity index (χ4v) is 7.07. The number of carbonyl (C=O) groups is 5. The molecule has 1 unspecified atom stereocenters. The Morgan fingerprint density at radius 1 is 1.09 bits per heavy atom. The summed E-state index contributed by atoms with van der Waals surface area (Å²) in [4.78, 5) is 68.1. The molecule has 3 aliphatic carbocycles. The van der Waals surface area contributed by atoms with E-state index in [-0.39, 0.29) is 35.6 Å². The Labute approximate surface area is 253 Å². The molecule has 3 fully saturated rings. The van der Waals surface area contributed by atoms with Crippen molar-refractivity contribution in [3.8, 4) is 0 Å². The lowest BCUT2D eigenvalue weighted by Crippen LogP contribution is -2.59. The molecule has 0 radical (unpaired) electrons. The van der Waals surface area contributed by atoms with Crippen LogP contribution in [0.4, 0.5) is 4.79 Å². The summed E-state index contributed by atoms with van der Waals surface area (Å²) in [6, 6.07) is 5.34. The normalized spacial score (nSPS) is 24.6.